The molecule has 1 aromatic heterocycles. The fourth-order valence-electron chi connectivity index (χ4n) is 1.92. The van der Waals surface area contributed by atoms with Crippen LogP contribution >= 0.6 is 0 Å². The van der Waals surface area contributed by atoms with E-state index in [0.717, 1.165) is 5.69 Å². The normalized spacial score (nSPS) is 12.6. The zero-order chi connectivity index (χ0) is 16.0. The molecule has 21 heavy (non-hydrogen) atoms. The largest absolute Gasteiger partial charge is 0.481 e. The van der Waals surface area contributed by atoms with Crippen molar-refractivity contribution in [1.29, 1.82) is 0 Å². The van der Waals surface area contributed by atoms with Crippen molar-refractivity contribution in [2.45, 2.75) is 34.1 Å². The van der Waals surface area contributed by atoms with E-state index in [1.165, 1.54) is 0 Å². The molecule has 1 atom stereocenters. The molecule has 3 N–H and O–H groups in total. The number of amides is 2. The molecular weight excluding hydrogens is 270 g/mol. The maximum absolute atomic E-state index is 11.7. The molecule has 1 rings (SSSR count). The molecule has 1 aromatic rings. The number of rotatable bonds is 5. The number of carboxylic acids is 1. The number of hydrogen-bond donors (Lipinski definition) is 3. The summed E-state index contributed by atoms with van der Waals surface area (Å²) in [5.74, 6) is -1.51. The molecule has 1 heterocycles. The van der Waals surface area contributed by atoms with Crippen LogP contribution in [0.4, 0.5) is 10.5 Å². The van der Waals surface area contributed by atoms with Gasteiger partial charge in [0.2, 0.25) is 0 Å². The van der Waals surface area contributed by atoms with E-state index < -0.39 is 17.9 Å². The van der Waals surface area contributed by atoms with Gasteiger partial charge in [0.25, 0.3) is 0 Å². The van der Waals surface area contributed by atoms with Gasteiger partial charge in [-0.3, -0.25) is 9.78 Å². The van der Waals surface area contributed by atoms with Crippen molar-refractivity contribution in [3.8, 4) is 0 Å². The zero-order valence-electron chi connectivity index (χ0n) is 12.9. The number of hydrogen-bond acceptors (Lipinski definition) is 3. The number of carbonyl (C=O) groups excluding carboxylic acids is 1. The van der Waals surface area contributed by atoms with E-state index in [4.69, 9.17) is 0 Å². The molecule has 6 heteroatoms. The number of anilines is 1. The molecule has 0 saturated heterocycles. The third-order valence-corrected chi connectivity index (χ3v) is 2.89. The van der Waals surface area contributed by atoms with E-state index in [9.17, 15) is 14.7 Å². The molecule has 0 radical (unpaired) electrons. The lowest BCUT2D eigenvalue weighted by Crippen LogP contribution is -2.37. The van der Waals surface area contributed by atoms with Crippen LogP contribution in [0.2, 0.25) is 0 Å². The van der Waals surface area contributed by atoms with Gasteiger partial charge in [-0.15, -0.1) is 0 Å². The molecule has 0 spiro atoms. The van der Waals surface area contributed by atoms with Crippen LogP contribution in [-0.4, -0.2) is 28.6 Å². The third kappa shape index (κ3) is 6.74. The van der Waals surface area contributed by atoms with Crippen molar-refractivity contribution < 1.29 is 14.7 Å². The number of carbonyl (C=O) groups is 2. The summed E-state index contributed by atoms with van der Waals surface area (Å²) in [7, 11) is 0. The fourth-order valence-corrected chi connectivity index (χ4v) is 1.92. The maximum Gasteiger partial charge on any atom is 0.319 e. The Kier molecular flexibility index (Phi) is 5.69. The van der Waals surface area contributed by atoms with Gasteiger partial charge in [0.05, 0.1) is 17.8 Å². The quantitative estimate of drug-likeness (QED) is 0.778. The molecule has 0 aliphatic heterocycles. The van der Waals surface area contributed by atoms with Crippen molar-refractivity contribution >= 4 is 17.7 Å². The lowest BCUT2D eigenvalue weighted by Gasteiger charge is -2.23. The molecule has 0 aromatic carbocycles. The minimum absolute atomic E-state index is 0.0950. The van der Waals surface area contributed by atoms with Crippen molar-refractivity contribution in [3.05, 3.63) is 24.0 Å². The van der Waals surface area contributed by atoms with Crippen molar-refractivity contribution in [2.24, 2.45) is 11.3 Å². The van der Waals surface area contributed by atoms with Crippen LogP contribution in [-0.2, 0) is 4.79 Å². The summed E-state index contributed by atoms with van der Waals surface area (Å²) in [5, 5.41) is 14.4. The van der Waals surface area contributed by atoms with Gasteiger partial charge < -0.3 is 15.7 Å². The van der Waals surface area contributed by atoms with Gasteiger partial charge in [-0.1, -0.05) is 20.8 Å². The number of pyridine rings is 1. The average molecular weight is 293 g/mol. The summed E-state index contributed by atoms with van der Waals surface area (Å²) in [4.78, 5) is 27.0. The van der Waals surface area contributed by atoms with E-state index in [1.54, 1.807) is 18.3 Å². The molecule has 1 unspecified atom stereocenters. The Morgan fingerprint density at radius 1 is 1.33 bits per heavy atom. The number of nitrogens with one attached hydrogen (secondary N) is 2. The predicted molar refractivity (Wildman–Crippen MR) is 81.2 cm³/mol. The summed E-state index contributed by atoms with van der Waals surface area (Å²) in [6, 6.07) is 3.10. The predicted octanol–water partition coefficient (Wildman–Crippen LogP) is 2.65. The summed E-state index contributed by atoms with van der Waals surface area (Å²) < 4.78 is 0. The second-order valence-corrected chi connectivity index (χ2v) is 6.32. The van der Waals surface area contributed by atoms with Crippen LogP contribution in [0.25, 0.3) is 0 Å². The molecule has 0 fully saturated rings. The van der Waals surface area contributed by atoms with E-state index in [1.807, 2.05) is 27.7 Å². The minimum Gasteiger partial charge on any atom is -0.481 e. The lowest BCUT2D eigenvalue weighted by atomic mass is 9.84. The number of aliphatic carboxylic acids is 1. The highest BCUT2D eigenvalue weighted by Gasteiger charge is 2.24. The van der Waals surface area contributed by atoms with Crippen molar-refractivity contribution in [3.63, 3.8) is 0 Å². The Balaban J connectivity index is 2.50. The first-order valence-corrected chi connectivity index (χ1v) is 6.88. The van der Waals surface area contributed by atoms with Gasteiger partial charge in [0, 0.05) is 12.2 Å². The maximum atomic E-state index is 11.7. The third-order valence-electron chi connectivity index (χ3n) is 2.89. The number of aryl methyl sites for hydroxylation is 1. The van der Waals surface area contributed by atoms with Gasteiger partial charge in [0.15, 0.2) is 0 Å². The molecular formula is C15H23N3O3. The van der Waals surface area contributed by atoms with E-state index in [0.29, 0.717) is 12.1 Å². The molecule has 6 nitrogen and oxygen atoms in total. The molecule has 116 valence electrons. The highest BCUT2D eigenvalue weighted by atomic mass is 16.4. The topological polar surface area (TPSA) is 91.3 Å². The van der Waals surface area contributed by atoms with Crippen LogP contribution < -0.4 is 10.6 Å². The summed E-state index contributed by atoms with van der Waals surface area (Å²) in [6.45, 7) is 7.87. The fraction of sp³-hybridized carbons (Fsp3) is 0.533. The van der Waals surface area contributed by atoms with Gasteiger partial charge in [-0.05, 0) is 30.9 Å². The summed E-state index contributed by atoms with van der Waals surface area (Å²) >= 11 is 0. The highest BCUT2D eigenvalue weighted by molar-refractivity contribution is 5.89. The van der Waals surface area contributed by atoms with Crippen LogP contribution in [0.3, 0.4) is 0 Å². The van der Waals surface area contributed by atoms with Crippen molar-refractivity contribution in [2.75, 3.05) is 11.9 Å². The first-order valence-electron chi connectivity index (χ1n) is 6.88. The first kappa shape index (κ1) is 16.9. The highest BCUT2D eigenvalue weighted by Crippen LogP contribution is 2.24. The average Bonchev–Trinajstić information content (AvgIpc) is 2.35. The van der Waals surface area contributed by atoms with Crippen LogP contribution in [0.1, 0.15) is 32.9 Å². The Morgan fingerprint density at radius 2 is 2.00 bits per heavy atom. The number of urea groups is 1. The van der Waals surface area contributed by atoms with Crippen molar-refractivity contribution in [1.82, 2.24) is 10.3 Å². The molecule has 2 amide bonds. The Labute approximate surface area is 125 Å². The zero-order valence-corrected chi connectivity index (χ0v) is 12.9. The minimum atomic E-state index is -0.901. The van der Waals surface area contributed by atoms with E-state index in [2.05, 4.69) is 15.6 Å². The molecule has 0 aliphatic carbocycles. The number of aromatic nitrogens is 1. The Morgan fingerprint density at radius 3 is 2.48 bits per heavy atom. The second kappa shape index (κ2) is 7.06. The van der Waals surface area contributed by atoms with Crippen LogP contribution in [0.5, 0.6) is 0 Å². The second-order valence-electron chi connectivity index (χ2n) is 6.32. The standard InChI is InChI=1S/C15H23N3O3/c1-10-5-6-12(9-16-10)18-14(21)17-8-11(13(19)20)7-15(2,3)4/h5-6,9,11H,7-8H2,1-4H3,(H,19,20)(H2,17,18,21). The van der Waals surface area contributed by atoms with Crippen LogP contribution in [0.15, 0.2) is 18.3 Å². The number of carboxylic acid groups (broad SMARTS) is 1. The summed E-state index contributed by atoms with van der Waals surface area (Å²) in [5.41, 5.74) is 1.32. The first-order chi connectivity index (χ1) is 9.67. The van der Waals surface area contributed by atoms with E-state index in [-0.39, 0.29) is 12.0 Å². The molecule has 0 bridgehead atoms. The van der Waals surface area contributed by atoms with E-state index >= 15 is 0 Å². The lowest BCUT2D eigenvalue weighted by molar-refractivity contribution is -0.142. The van der Waals surface area contributed by atoms with Gasteiger partial charge in [-0.25, -0.2) is 4.79 Å². The van der Waals surface area contributed by atoms with Gasteiger partial charge in [0.1, 0.15) is 0 Å². The number of nitrogens with zero attached hydrogens (tertiary/aromatic N) is 1. The molecule has 0 saturated carbocycles. The Bertz CT molecular complexity index is 492. The smallest absolute Gasteiger partial charge is 0.319 e. The van der Waals surface area contributed by atoms with Crippen LogP contribution in [0, 0.1) is 18.3 Å². The summed E-state index contributed by atoms with van der Waals surface area (Å²) in [6.07, 6.45) is 2.05. The molecule has 0 aliphatic rings. The van der Waals surface area contributed by atoms with Gasteiger partial charge >= 0.3 is 12.0 Å². The SMILES string of the molecule is Cc1ccc(NC(=O)NCC(CC(C)(C)C)C(=O)O)cn1. The monoisotopic (exact) mass is 293 g/mol. The van der Waals surface area contributed by atoms with Gasteiger partial charge in [-0.2, -0.15) is 0 Å². The Hall–Kier alpha value is -2.11.